The van der Waals surface area contributed by atoms with E-state index in [9.17, 15) is 14.0 Å². The number of halogens is 3. The third kappa shape index (κ3) is 3.44. The first kappa shape index (κ1) is 18.7. The number of aromatic amines is 1. The lowest BCUT2D eigenvalue weighted by Crippen LogP contribution is -2.25. The van der Waals surface area contributed by atoms with Crippen LogP contribution in [-0.2, 0) is 5.75 Å². The normalized spacial score (nSPS) is 11.2. The fraction of sp³-hybridized carbons (Fsp3) is 0.0588. The number of pyridine rings is 1. The number of H-pyrrole nitrogens is 1. The van der Waals surface area contributed by atoms with Gasteiger partial charge in [-0.15, -0.1) is 9.73 Å². The van der Waals surface area contributed by atoms with E-state index in [1.54, 1.807) is 18.2 Å². The van der Waals surface area contributed by atoms with Crippen molar-refractivity contribution >= 4 is 40.5 Å². The Hall–Kier alpha value is -2.62. The van der Waals surface area contributed by atoms with Crippen LogP contribution in [0.5, 0.6) is 0 Å². The summed E-state index contributed by atoms with van der Waals surface area (Å²) in [5.74, 6) is -0.629. The maximum absolute atomic E-state index is 13.8. The van der Waals surface area contributed by atoms with Gasteiger partial charge in [-0.05, 0) is 23.8 Å². The van der Waals surface area contributed by atoms with Gasteiger partial charge in [0.25, 0.3) is 11.1 Å². The van der Waals surface area contributed by atoms with Gasteiger partial charge >= 0.3 is 0 Å². The molecule has 0 aliphatic carbocycles. The molecule has 4 aromatic rings. The van der Waals surface area contributed by atoms with E-state index in [0.717, 1.165) is 11.6 Å². The molecule has 11 heteroatoms. The predicted molar refractivity (Wildman–Crippen MR) is 105 cm³/mol. The Morgan fingerprint density at radius 3 is 2.75 bits per heavy atom. The van der Waals surface area contributed by atoms with Gasteiger partial charge in [0, 0.05) is 28.1 Å². The van der Waals surface area contributed by atoms with E-state index < -0.39 is 16.9 Å². The highest BCUT2D eigenvalue weighted by atomic mass is 35.5. The Balaban J connectivity index is 1.83. The van der Waals surface area contributed by atoms with E-state index in [2.05, 4.69) is 15.2 Å². The Morgan fingerprint density at radius 1 is 1.18 bits per heavy atom. The summed E-state index contributed by atoms with van der Waals surface area (Å²) in [6, 6.07) is 7.57. The fourth-order valence-corrected chi connectivity index (χ4v) is 4.08. The Labute approximate surface area is 170 Å². The summed E-state index contributed by atoms with van der Waals surface area (Å²) < 4.78 is 16.2. The lowest BCUT2D eigenvalue weighted by molar-refractivity contribution is 0.601. The number of hydrogen-bond acceptors (Lipinski definition) is 5. The number of fused-ring (bicyclic) bond motifs is 1. The van der Waals surface area contributed by atoms with Crippen LogP contribution in [0.4, 0.5) is 4.39 Å². The Morgan fingerprint density at radius 2 is 2.00 bits per heavy atom. The molecule has 0 saturated carbocycles. The van der Waals surface area contributed by atoms with Crippen molar-refractivity contribution in [2.24, 2.45) is 0 Å². The lowest BCUT2D eigenvalue weighted by atomic mass is 10.2. The SMILES string of the molecule is O=c1[nH]cc(-n2c(SCc3ccc(Cl)cc3Cl)nn3nccc3c2=O)cc1F. The summed E-state index contributed by atoms with van der Waals surface area (Å²) in [5, 5.41) is 9.56. The zero-order chi connectivity index (χ0) is 19.8. The van der Waals surface area contributed by atoms with Gasteiger partial charge in [0.15, 0.2) is 16.5 Å². The van der Waals surface area contributed by atoms with Crippen molar-refractivity contribution in [3.63, 3.8) is 0 Å². The molecule has 0 radical (unpaired) electrons. The van der Waals surface area contributed by atoms with Crippen LogP contribution in [0.25, 0.3) is 11.2 Å². The van der Waals surface area contributed by atoms with E-state index in [0.29, 0.717) is 15.8 Å². The van der Waals surface area contributed by atoms with Gasteiger partial charge in [-0.3, -0.25) is 14.2 Å². The molecule has 7 nitrogen and oxygen atoms in total. The second-order valence-corrected chi connectivity index (χ2v) is 7.47. The van der Waals surface area contributed by atoms with Gasteiger partial charge in [-0.1, -0.05) is 41.0 Å². The van der Waals surface area contributed by atoms with Crippen LogP contribution in [0, 0.1) is 5.82 Å². The van der Waals surface area contributed by atoms with Crippen molar-refractivity contribution in [1.29, 1.82) is 0 Å². The molecule has 1 N–H and O–H groups in total. The van der Waals surface area contributed by atoms with E-state index in [4.69, 9.17) is 23.2 Å². The van der Waals surface area contributed by atoms with Gasteiger partial charge in [0.05, 0.1) is 11.9 Å². The van der Waals surface area contributed by atoms with Crippen molar-refractivity contribution in [3.8, 4) is 5.69 Å². The number of rotatable bonds is 4. The molecule has 0 aliphatic heterocycles. The third-order valence-corrected chi connectivity index (χ3v) is 5.46. The second kappa shape index (κ2) is 7.42. The molecule has 0 fully saturated rings. The quantitative estimate of drug-likeness (QED) is 0.495. The molecule has 4 rings (SSSR count). The van der Waals surface area contributed by atoms with Crippen LogP contribution in [0.3, 0.4) is 0 Å². The van der Waals surface area contributed by atoms with E-state index in [-0.39, 0.29) is 16.4 Å². The topological polar surface area (TPSA) is 85.1 Å². The van der Waals surface area contributed by atoms with Crippen molar-refractivity contribution in [3.05, 3.63) is 84.9 Å². The predicted octanol–water partition coefficient (Wildman–Crippen LogP) is 3.31. The summed E-state index contributed by atoms with van der Waals surface area (Å²) in [6.07, 6.45) is 2.69. The lowest BCUT2D eigenvalue weighted by Gasteiger charge is -2.12. The molecule has 0 spiro atoms. The van der Waals surface area contributed by atoms with Crippen LogP contribution in [0.1, 0.15) is 5.56 Å². The number of nitrogens with one attached hydrogen (secondary N) is 1. The molecule has 0 aliphatic rings. The highest BCUT2D eigenvalue weighted by Crippen LogP contribution is 2.28. The molecule has 0 amide bonds. The Bertz CT molecular complexity index is 1320. The van der Waals surface area contributed by atoms with Gasteiger partial charge in [-0.2, -0.15) is 5.10 Å². The van der Waals surface area contributed by atoms with Crippen LogP contribution in [0.2, 0.25) is 10.0 Å². The van der Waals surface area contributed by atoms with Crippen molar-refractivity contribution in [1.82, 2.24) is 24.4 Å². The molecule has 1 aromatic carbocycles. The van der Waals surface area contributed by atoms with Crippen molar-refractivity contribution in [2.45, 2.75) is 10.9 Å². The van der Waals surface area contributed by atoms with Gasteiger partial charge in [-0.25, -0.2) is 4.39 Å². The standard InChI is InChI=1S/C17H10Cl2FN5O2S/c18-10-2-1-9(12(19)5-10)8-28-17-23-25-14(3-4-22-25)16(27)24(17)11-6-13(20)15(26)21-7-11/h1-7H,8H2,(H,21,26). The average molecular weight is 438 g/mol. The number of nitrogens with zero attached hydrogens (tertiary/aromatic N) is 4. The number of hydrogen-bond donors (Lipinski definition) is 1. The van der Waals surface area contributed by atoms with Crippen LogP contribution >= 0.6 is 35.0 Å². The fourth-order valence-electron chi connectivity index (χ4n) is 2.54. The molecule has 0 bridgehead atoms. The monoisotopic (exact) mass is 437 g/mol. The second-order valence-electron chi connectivity index (χ2n) is 5.69. The number of benzene rings is 1. The minimum absolute atomic E-state index is 0.142. The highest BCUT2D eigenvalue weighted by Gasteiger charge is 2.16. The van der Waals surface area contributed by atoms with E-state index in [1.807, 2.05) is 0 Å². The minimum Gasteiger partial charge on any atom is -0.324 e. The molecular formula is C17H10Cl2FN5O2S. The molecule has 3 aromatic heterocycles. The largest absolute Gasteiger partial charge is 0.324 e. The molecule has 0 atom stereocenters. The van der Waals surface area contributed by atoms with Gasteiger partial charge < -0.3 is 4.98 Å². The maximum Gasteiger partial charge on any atom is 0.285 e. The molecule has 142 valence electrons. The zero-order valence-corrected chi connectivity index (χ0v) is 16.2. The smallest absolute Gasteiger partial charge is 0.285 e. The Kier molecular flexibility index (Phi) is 4.96. The first-order valence-corrected chi connectivity index (χ1v) is 9.60. The summed E-state index contributed by atoms with van der Waals surface area (Å²) in [5.41, 5.74) is -0.199. The first-order valence-electron chi connectivity index (χ1n) is 7.86. The zero-order valence-electron chi connectivity index (χ0n) is 13.9. The van der Waals surface area contributed by atoms with Crippen molar-refractivity contribution < 1.29 is 4.39 Å². The molecular weight excluding hydrogens is 428 g/mol. The maximum atomic E-state index is 13.8. The van der Waals surface area contributed by atoms with E-state index >= 15 is 0 Å². The van der Waals surface area contributed by atoms with E-state index in [1.165, 1.54) is 39.4 Å². The molecule has 0 saturated heterocycles. The van der Waals surface area contributed by atoms with Crippen LogP contribution in [-0.4, -0.2) is 24.4 Å². The van der Waals surface area contributed by atoms with Crippen LogP contribution < -0.4 is 11.1 Å². The summed E-state index contributed by atoms with van der Waals surface area (Å²) in [6.45, 7) is 0. The van der Waals surface area contributed by atoms with Crippen molar-refractivity contribution in [2.75, 3.05) is 0 Å². The summed E-state index contributed by atoms with van der Waals surface area (Å²) in [4.78, 5) is 26.5. The summed E-state index contributed by atoms with van der Waals surface area (Å²) in [7, 11) is 0. The summed E-state index contributed by atoms with van der Waals surface area (Å²) >= 11 is 13.3. The average Bonchev–Trinajstić information content (AvgIpc) is 3.12. The highest BCUT2D eigenvalue weighted by molar-refractivity contribution is 7.98. The first-order chi connectivity index (χ1) is 13.4. The number of thioether (sulfide) groups is 1. The molecule has 3 heterocycles. The molecule has 28 heavy (non-hydrogen) atoms. The molecule has 0 unspecified atom stereocenters. The van der Waals surface area contributed by atoms with Gasteiger partial charge in [0.2, 0.25) is 0 Å². The van der Waals surface area contributed by atoms with Gasteiger partial charge in [0.1, 0.15) is 0 Å². The third-order valence-electron chi connectivity index (χ3n) is 3.89. The van der Waals surface area contributed by atoms with Crippen LogP contribution in [0.15, 0.2) is 57.5 Å². The minimum atomic E-state index is -1.01. The number of aromatic nitrogens is 5.